The van der Waals surface area contributed by atoms with Crippen molar-refractivity contribution in [1.29, 1.82) is 0 Å². The molecule has 0 amide bonds. The van der Waals surface area contributed by atoms with E-state index in [0.29, 0.717) is 24.1 Å². The van der Waals surface area contributed by atoms with E-state index in [9.17, 15) is 14.7 Å². The van der Waals surface area contributed by atoms with Crippen LogP contribution in [0.2, 0.25) is 0 Å². The van der Waals surface area contributed by atoms with E-state index in [2.05, 4.69) is 9.88 Å². The number of H-pyrrole nitrogens is 1. The molecule has 1 aromatic carbocycles. The Morgan fingerprint density at radius 1 is 1.47 bits per heavy atom. The number of imidazole rings is 1. The Bertz CT molecular complexity index is 657. The van der Waals surface area contributed by atoms with Crippen molar-refractivity contribution in [1.82, 2.24) is 14.5 Å². The smallest absolute Gasteiger partial charge is 0.337 e. The minimum atomic E-state index is -1.03. The molecule has 0 aliphatic heterocycles. The molecule has 0 saturated heterocycles. The lowest BCUT2D eigenvalue weighted by atomic mass is 10.2. The Kier molecular flexibility index (Phi) is 3.71. The summed E-state index contributed by atoms with van der Waals surface area (Å²) in [5, 5.41) is 9.20. The molecule has 0 aliphatic rings. The minimum absolute atomic E-state index is 0.148. The van der Waals surface area contributed by atoms with Gasteiger partial charge in [-0.2, -0.15) is 0 Å². The molecule has 0 bridgehead atoms. The van der Waals surface area contributed by atoms with Gasteiger partial charge in [0.25, 0.3) is 0 Å². The molecular weight excluding hydrogens is 246 g/mol. The largest absolute Gasteiger partial charge is 0.478 e. The Balaban J connectivity index is 2.50. The van der Waals surface area contributed by atoms with Crippen LogP contribution in [0.25, 0.3) is 11.0 Å². The Hall–Kier alpha value is -2.08. The highest BCUT2D eigenvalue weighted by Gasteiger charge is 2.15. The van der Waals surface area contributed by atoms with Gasteiger partial charge < -0.3 is 15.0 Å². The molecule has 2 N–H and O–H groups in total. The number of likely N-dealkylation sites (N-methyl/N-ethyl adjacent to an activating group) is 1. The van der Waals surface area contributed by atoms with Crippen molar-refractivity contribution in [3.63, 3.8) is 0 Å². The Morgan fingerprint density at radius 3 is 2.84 bits per heavy atom. The Morgan fingerprint density at radius 2 is 2.21 bits per heavy atom. The SMILES string of the molecule is CCN(C)CCn1c(=O)[nH]c2cccc(C(=O)O)c21. The summed E-state index contributed by atoms with van der Waals surface area (Å²) in [6.07, 6.45) is 0. The molecule has 2 rings (SSSR count). The lowest BCUT2D eigenvalue weighted by Crippen LogP contribution is -2.27. The summed E-state index contributed by atoms with van der Waals surface area (Å²) in [5.41, 5.74) is 0.900. The molecule has 19 heavy (non-hydrogen) atoms. The third-order valence-electron chi connectivity index (χ3n) is 3.27. The summed E-state index contributed by atoms with van der Waals surface area (Å²) in [7, 11) is 1.96. The standard InChI is InChI=1S/C13H17N3O3/c1-3-15(2)7-8-16-11-9(12(17)18)5-4-6-10(11)14-13(16)19/h4-6H,3,7-8H2,1-2H3,(H,14,19)(H,17,18). The lowest BCUT2D eigenvalue weighted by molar-refractivity contribution is 0.0698. The van der Waals surface area contributed by atoms with Gasteiger partial charge in [-0.15, -0.1) is 0 Å². The zero-order chi connectivity index (χ0) is 14.0. The van der Waals surface area contributed by atoms with Crippen molar-refractivity contribution in [3.05, 3.63) is 34.2 Å². The fourth-order valence-electron chi connectivity index (χ4n) is 2.03. The number of hydrogen-bond donors (Lipinski definition) is 2. The Labute approximate surface area is 110 Å². The monoisotopic (exact) mass is 263 g/mol. The molecule has 0 fully saturated rings. The number of rotatable bonds is 5. The molecule has 6 heteroatoms. The summed E-state index contributed by atoms with van der Waals surface area (Å²) in [6.45, 7) is 4.06. The first-order valence-electron chi connectivity index (χ1n) is 6.18. The number of aromatic carboxylic acids is 1. The van der Waals surface area contributed by atoms with Gasteiger partial charge >= 0.3 is 11.7 Å². The van der Waals surface area contributed by atoms with Gasteiger partial charge in [0.05, 0.1) is 16.6 Å². The number of carbonyl (C=O) groups is 1. The highest BCUT2D eigenvalue weighted by atomic mass is 16.4. The van der Waals surface area contributed by atoms with Gasteiger partial charge in [0.1, 0.15) is 0 Å². The average molecular weight is 263 g/mol. The molecular formula is C13H17N3O3. The van der Waals surface area contributed by atoms with Crippen molar-refractivity contribution in [2.24, 2.45) is 0 Å². The highest BCUT2D eigenvalue weighted by molar-refractivity contribution is 6.01. The number of fused-ring (bicyclic) bond motifs is 1. The van der Waals surface area contributed by atoms with Crippen LogP contribution >= 0.6 is 0 Å². The fourth-order valence-corrected chi connectivity index (χ4v) is 2.03. The number of nitrogens with zero attached hydrogens (tertiary/aromatic N) is 2. The van der Waals surface area contributed by atoms with Gasteiger partial charge in [-0.05, 0) is 25.7 Å². The molecule has 0 atom stereocenters. The van der Waals surface area contributed by atoms with Gasteiger partial charge in [0.15, 0.2) is 0 Å². The van der Waals surface area contributed by atoms with Crippen LogP contribution in [0.3, 0.4) is 0 Å². The van der Waals surface area contributed by atoms with E-state index < -0.39 is 5.97 Å². The average Bonchev–Trinajstić information content (AvgIpc) is 2.71. The normalized spacial score (nSPS) is 11.3. The molecule has 102 valence electrons. The van der Waals surface area contributed by atoms with Crippen LogP contribution in [0, 0.1) is 0 Å². The van der Waals surface area contributed by atoms with Crippen LogP contribution in [0.5, 0.6) is 0 Å². The maximum Gasteiger partial charge on any atom is 0.337 e. The van der Waals surface area contributed by atoms with E-state index in [0.717, 1.165) is 6.54 Å². The fraction of sp³-hybridized carbons (Fsp3) is 0.385. The minimum Gasteiger partial charge on any atom is -0.478 e. The first-order chi connectivity index (χ1) is 9.04. The van der Waals surface area contributed by atoms with E-state index >= 15 is 0 Å². The van der Waals surface area contributed by atoms with Gasteiger partial charge in [-0.1, -0.05) is 13.0 Å². The van der Waals surface area contributed by atoms with Crippen LogP contribution in [0.4, 0.5) is 0 Å². The van der Waals surface area contributed by atoms with Crippen molar-refractivity contribution in [3.8, 4) is 0 Å². The van der Waals surface area contributed by atoms with Gasteiger partial charge in [0.2, 0.25) is 0 Å². The van der Waals surface area contributed by atoms with E-state index in [1.807, 2.05) is 14.0 Å². The molecule has 0 unspecified atom stereocenters. The number of aromatic amines is 1. The predicted octanol–water partition coefficient (Wildman–Crippen LogP) is 0.980. The number of carboxylic acid groups (broad SMARTS) is 1. The maximum absolute atomic E-state index is 11.9. The van der Waals surface area contributed by atoms with E-state index in [1.165, 1.54) is 10.6 Å². The molecule has 0 saturated carbocycles. The molecule has 0 radical (unpaired) electrons. The van der Waals surface area contributed by atoms with Crippen LogP contribution in [-0.4, -0.2) is 45.7 Å². The second kappa shape index (κ2) is 5.27. The second-order valence-electron chi connectivity index (χ2n) is 4.48. The summed E-state index contributed by atoms with van der Waals surface area (Å²) < 4.78 is 1.49. The predicted molar refractivity (Wildman–Crippen MR) is 72.7 cm³/mol. The van der Waals surface area contributed by atoms with Crippen molar-refractivity contribution in [2.75, 3.05) is 20.1 Å². The zero-order valence-corrected chi connectivity index (χ0v) is 11.0. The third-order valence-corrected chi connectivity index (χ3v) is 3.27. The van der Waals surface area contributed by atoms with E-state index in [1.54, 1.807) is 12.1 Å². The van der Waals surface area contributed by atoms with Crippen LogP contribution in [0.1, 0.15) is 17.3 Å². The molecule has 0 aliphatic carbocycles. The number of aromatic nitrogens is 2. The van der Waals surface area contributed by atoms with E-state index in [-0.39, 0.29) is 11.3 Å². The highest BCUT2D eigenvalue weighted by Crippen LogP contribution is 2.16. The molecule has 1 heterocycles. The van der Waals surface area contributed by atoms with Crippen molar-refractivity contribution in [2.45, 2.75) is 13.5 Å². The lowest BCUT2D eigenvalue weighted by Gasteiger charge is -2.14. The van der Waals surface area contributed by atoms with E-state index in [4.69, 9.17) is 0 Å². The third kappa shape index (κ3) is 2.53. The summed E-state index contributed by atoms with van der Waals surface area (Å²) in [6, 6.07) is 4.85. The summed E-state index contributed by atoms with van der Waals surface area (Å²) in [5.74, 6) is -1.03. The number of hydrogen-bond acceptors (Lipinski definition) is 3. The molecule has 1 aromatic heterocycles. The van der Waals surface area contributed by atoms with Gasteiger partial charge in [0, 0.05) is 13.1 Å². The number of benzene rings is 1. The maximum atomic E-state index is 11.9. The van der Waals surface area contributed by atoms with Gasteiger partial charge in [-0.3, -0.25) is 4.57 Å². The number of para-hydroxylation sites is 1. The molecule has 2 aromatic rings. The van der Waals surface area contributed by atoms with Gasteiger partial charge in [-0.25, -0.2) is 9.59 Å². The van der Waals surface area contributed by atoms with Crippen molar-refractivity contribution < 1.29 is 9.90 Å². The molecule has 6 nitrogen and oxygen atoms in total. The van der Waals surface area contributed by atoms with Crippen LogP contribution < -0.4 is 5.69 Å². The molecule has 0 spiro atoms. The quantitative estimate of drug-likeness (QED) is 0.843. The number of carboxylic acids is 1. The zero-order valence-electron chi connectivity index (χ0n) is 11.0. The second-order valence-corrected chi connectivity index (χ2v) is 4.48. The first kappa shape index (κ1) is 13.4. The van der Waals surface area contributed by atoms with Crippen LogP contribution in [0.15, 0.2) is 23.0 Å². The summed E-state index contributed by atoms with van der Waals surface area (Å²) in [4.78, 5) is 27.9. The number of nitrogens with one attached hydrogen (secondary N) is 1. The van der Waals surface area contributed by atoms with Crippen molar-refractivity contribution >= 4 is 17.0 Å². The first-order valence-corrected chi connectivity index (χ1v) is 6.18. The summed E-state index contributed by atoms with van der Waals surface area (Å²) >= 11 is 0. The topological polar surface area (TPSA) is 78.3 Å². The van der Waals surface area contributed by atoms with Crippen LogP contribution in [-0.2, 0) is 6.54 Å².